The number of aliphatic imine (C=N–C) groups is 1. The molecule has 1 heterocycles. The van der Waals surface area contributed by atoms with E-state index in [0.717, 1.165) is 45.0 Å². The number of unbranched alkanes of at least 4 members (excludes halogenated alkanes) is 1. The molecule has 25 heavy (non-hydrogen) atoms. The van der Waals surface area contributed by atoms with Crippen LogP contribution < -0.4 is 5.32 Å². The largest absolute Gasteiger partial charge is 0.377 e. The number of rotatable bonds is 7. The van der Waals surface area contributed by atoms with Gasteiger partial charge in [-0.15, -0.1) is 24.0 Å². The molecule has 0 unspecified atom stereocenters. The number of thioether (sulfide) groups is 1. The first-order chi connectivity index (χ1) is 11.6. The van der Waals surface area contributed by atoms with Gasteiger partial charge in [0.05, 0.1) is 6.61 Å². The van der Waals surface area contributed by atoms with Crippen molar-refractivity contribution in [3.8, 4) is 0 Å². The molecule has 1 fully saturated rings. The summed E-state index contributed by atoms with van der Waals surface area (Å²) in [7, 11) is 1.88. The Morgan fingerprint density at radius 2 is 2.04 bits per heavy atom. The summed E-state index contributed by atoms with van der Waals surface area (Å²) in [6, 6.07) is 10.3. The van der Waals surface area contributed by atoms with Crippen LogP contribution in [0.4, 0.5) is 0 Å². The Morgan fingerprint density at radius 1 is 1.28 bits per heavy atom. The Kier molecular flexibility index (Phi) is 10.8. The number of halogens is 1. The van der Waals surface area contributed by atoms with Crippen molar-refractivity contribution in [2.45, 2.75) is 38.0 Å². The van der Waals surface area contributed by atoms with Crippen LogP contribution in [0.2, 0.25) is 0 Å². The third kappa shape index (κ3) is 8.64. The maximum Gasteiger partial charge on any atom is 0.193 e. The Balaban J connectivity index is 0.00000312. The average Bonchev–Trinajstić information content (AvgIpc) is 2.57. The lowest BCUT2D eigenvalue weighted by molar-refractivity contribution is 0.117. The van der Waals surface area contributed by atoms with Gasteiger partial charge in [-0.25, -0.2) is 0 Å². The average molecular weight is 477 g/mol. The summed E-state index contributed by atoms with van der Waals surface area (Å²) in [6.45, 7) is 9.21. The summed E-state index contributed by atoms with van der Waals surface area (Å²) in [5.41, 5.74) is 1.24. The molecule has 1 aliphatic rings. The smallest absolute Gasteiger partial charge is 0.193 e. The van der Waals surface area contributed by atoms with Gasteiger partial charge in [-0.3, -0.25) is 4.99 Å². The lowest BCUT2D eigenvalue weighted by Crippen LogP contribution is -2.51. The normalized spacial score (nSPS) is 17.1. The highest BCUT2D eigenvalue weighted by molar-refractivity contribution is 14.0. The summed E-state index contributed by atoms with van der Waals surface area (Å²) < 4.78 is 6.03. The van der Waals surface area contributed by atoms with E-state index in [0.29, 0.717) is 11.4 Å². The highest BCUT2D eigenvalue weighted by Gasteiger charge is 2.28. The minimum atomic E-state index is 0. The maximum atomic E-state index is 5.73. The number of benzene rings is 1. The van der Waals surface area contributed by atoms with Crippen LogP contribution in [0.1, 0.15) is 32.3 Å². The molecule has 1 saturated heterocycles. The molecule has 1 aliphatic heterocycles. The second-order valence-corrected chi connectivity index (χ2v) is 8.55. The number of guanidine groups is 1. The highest BCUT2D eigenvalue weighted by Crippen LogP contribution is 2.29. The second kappa shape index (κ2) is 12.0. The maximum absolute atomic E-state index is 5.73. The third-order valence-electron chi connectivity index (χ3n) is 4.05. The van der Waals surface area contributed by atoms with Crippen LogP contribution in [0.3, 0.4) is 0 Å². The molecular weight excluding hydrogens is 445 g/mol. The molecule has 2 rings (SSSR count). The first-order valence-corrected chi connectivity index (χ1v) is 9.80. The monoisotopic (exact) mass is 477 g/mol. The van der Waals surface area contributed by atoms with E-state index in [1.807, 2.05) is 24.9 Å². The van der Waals surface area contributed by atoms with Gasteiger partial charge in [0.1, 0.15) is 0 Å². The van der Waals surface area contributed by atoms with Crippen molar-refractivity contribution in [2.24, 2.45) is 4.99 Å². The molecule has 0 radical (unpaired) electrons. The van der Waals surface area contributed by atoms with Crippen molar-refractivity contribution in [1.82, 2.24) is 10.2 Å². The zero-order valence-electron chi connectivity index (χ0n) is 15.7. The van der Waals surface area contributed by atoms with Crippen molar-refractivity contribution in [3.05, 3.63) is 35.9 Å². The molecule has 0 amide bonds. The van der Waals surface area contributed by atoms with E-state index >= 15 is 0 Å². The van der Waals surface area contributed by atoms with Crippen LogP contribution >= 0.6 is 35.7 Å². The molecule has 0 saturated carbocycles. The van der Waals surface area contributed by atoms with E-state index in [-0.39, 0.29) is 24.0 Å². The predicted octanol–water partition coefficient (Wildman–Crippen LogP) is 4.00. The van der Waals surface area contributed by atoms with Gasteiger partial charge in [0.2, 0.25) is 0 Å². The van der Waals surface area contributed by atoms with E-state index in [1.165, 1.54) is 11.3 Å². The fourth-order valence-electron chi connectivity index (χ4n) is 2.82. The standard InChI is InChI=1S/C19H31N3OS.HI/c1-19(2)16-22(12-14-24-19)18(20-3)21-11-7-8-13-23-15-17-9-5-4-6-10-17;/h4-6,9-10H,7-8,11-16H2,1-3H3,(H,20,21);1H. The van der Waals surface area contributed by atoms with Crippen molar-refractivity contribution >= 4 is 41.7 Å². The number of nitrogens with one attached hydrogen (secondary N) is 1. The Bertz CT molecular complexity index is 511. The summed E-state index contributed by atoms with van der Waals surface area (Å²) in [5.74, 6) is 2.20. The van der Waals surface area contributed by atoms with E-state index in [2.05, 4.69) is 53.3 Å². The molecule has 1 N–H and O–H groups in total. The molecule has 4 nitrogen and oxygen atoms in total. The lowest BCUT2D eigenvalue weighted by atomic mass is 10.2. The van der Waals surface area contributed by atoms with Crippen LogP contribution in [-0.4, -0.2) is 54.6 Å². The van der Waals surface area contributed by atoms with Gasteiger partial charge in [0.15, 0.2) is 5.96 Å². The van der Waals surface area contributed by atoms with Crippen LogP contribution in [0, 0.1) is 0 Å². The molecule has 6 heteroatoms. The van der Waals surface area contributed by atoms with Gasteiger partial charge in [0, 0.05) is 43.8 Å². The topological polar surface area (TPSA) is 36.9 Å². The lowest BCUT2D eigenvalue weighted by Gasteiger charge is -2.39. The van der Waals surface area contributed by atoms with Crippen molar-refractivity contribution in [3.63, 3.8) is 0 Å². The zero-order valence-corrected chi connectivity index (χ0v) is 18.8. The fourth-order valence-corrected chi connectivity index (χ4v) is 3.93. The molecule has 0 aliphatic carbocycles. The predicted molar refractivity (Wildman–Crippen MR) is 120 cm³/mol. The zero-order chi connectivity index (χ0) is 17.3. The molecule has 0 atom stereocenters. The first-order valence-electron chi connectivity index (χ1n) is 8.82. The highest BCUT2D eigenvalue weighted by atomic mass is 127. The van der Waals surface area contributed by atoms with E-state index < -0.39 is 0 Å². The van der Waals surface area contributed by atoms with Crippen molar-refractivity contribution < 1.29 is 4.74 Å². The van der Waals surface area contributed by atoms with Gasteiger partial charge in [0.25, 0.3) is 0 Å². The van der Waals surface area contributed by atoms with Crippen LogP contribution in [-0.2, 0) is 11.3 Å². The van der Waals surface area contributed by atoms with Gasteiger partial charge >= 0.3 is 0 Å². The third-order valence-corrected chi connectivity index (χ3v) is 5.34. The van der Waals surface area contributed by atoms with Crippen LogP contribution in [0.5, 0.6) is 0 Å². The molecule has 0 aromatic heterocycles. The minimum absolute atomic E-state index is 0. The summed E-state index contributed by atoms with van der Waals surface area (Å²) >= 11 is 2.05. The molecule has 142 valence electrons. The van der Waals surface area contributed by atoms with Crippen LogP contribution in [0.25, 0.3) is 0 Å². The van der Waals surface area contributed by atoms with Gasteiger partial charge in [-0.2, -0.15) is 11.8 Å². The molecular formula is C19H32IN3OS. The van der Waals surface area contributed by atoms with E-state index in [9.17, 15) is 0 Å². The second-order valence-electron chi connectivity index (χ2n) is 6.75. The summed E-state index contributed by atoms with van der Waals surface area (Å²) in [5, 5.41) is 3.50. The summed E-state index contributed by atoms with van der Waals surface area (Å²) in [6.07, 6.45) is 2.16. The Morgan fingerprint density at radius 3 is 2.72 bits per heavy atom. The van der Waals surface area contributed by atoms with E-state index in [4.69, 9.17) is 4.74 Å². The number of hydrogen-bond donors (Lipinski definition) is 1. The number of ether oxygens (including phenoxy) is 1. The number of nitrogens with zero attached hydrogens (tertiary/aromatic N) is 2. The SMILES string of the molecule is CN=C(NCCCCOCc1ccccc1)N1CCSC(C)(C)C1.I. The van der Waals surface area contributed by atoms with Crippen LogP contribution in [0.15, 0.2) is 35.3 Å². The first kappa shape index (κ1) is 22.6. The summed E-state index contributed by atoms with van der Waals surface area (Å²) in [4.78, 5) is 6.82. The molecule has 0 bridgehead atoms. The van der Waals surface area contributed by atoms with Gasteiger partial charge in [-0.05, 0) is 32.3 Å². The van der Waals surface area contributed by atoms with E-state index in [1.54, 1.807) is 0 Å². The van der Waals surface area contributed by atoms with Crippen molar-refractivity contribution in [1.29, 1.82) is 0 Å². The molecule has 0 spiro atoms. The van der Waals surface area contributed by atoms with Gasteiger partial charge < -0.3 is 15.0 Å². The Hall–Kier alpha value is -0.470. The minimum Gasteiger partial charge on any atom is -0.377 e. The molecule has 1 aromatic carbocycles. The molecule has 1 aromatic rings. The van der Waals surface area contributed by atoms with Gasteiger partial charge in [-0.1, -0.05) is 30.3 Å². The fraction of sp³-hybridized carbons (Fsp3) is 0.632. The quantitative estimate of drug-likeness (QED) is 0.279. The Labute approximate surface area is 174 Å². The number of hydrogen-bond acceptors (Lipinski definition) is 3. The van der Waals surface area contributed by atoms with Crippen molar-refractivity contribution in [2.75, 3.05) is 39.0 Å².